The molecule has 2 aromatic heterocycles. The van der Waals surface area contributed by atoms with Gasteiger partial charge in [-0.05, 0) is 36.8 Å². The Morgan fingerprint density at radius 3 is 2.81 bits per heavy atom. The lowest BCUT2D eigenvalue weighted by molar-refractivity contribution is 0.0779. The molecule has 4 rings (SSSR count). The summed E-state index contributed by atoms with van der Waals surface area (Å²) in [5, 5.41) is 0.712. The molecule has 1 aromatic carbocycles. The van der Waals surface area contributed by atoms with E-state index in [9.17, 15) is 4.79 Å². The Hall–Kier alpha value is -2.80. The second-order valence-electron chi connectivity index (χ2n) is 6.04. The van der Waals surface area contributed by atoms with Crippen molar-refractivity contribution in [2.75, 3.05) is 20.3 Å². The van der Waals surface area contributed by atoms with Gasteiger partial charge in [-0.3, -0.25) is 4.79 Å². The zero-order valence-electron chi connectivity index (χ0n) is 14.5. The third-order valence-corrected chi connectivity index (χ3v) is 5.09. The number of ether oxygens (including phenoxy) is 2. The first-order valence-corrected chi connectivity index (χ1v) is 9.09. The third-order valence-electron chi connectivity index (χ3n) is 4.10. The van der Waals surface area contributed by atoms with E-state index in [1.165, 1.54) is 11.3 Å². The zero-order valence-corrected chi connectivity index (χ0v) is 15.3. The highest BCUT2D eigenvalue weighted by atomic mass is 32.1. The molecule has 0 spiro atoms. The first kappa shape index (κ1) is 16.7. The number of nitrogens with zero attached hydrogens (tertiary/aromatic N) is 2. The Bertz CT molecular complexity index is 933. The molecule has 1 aliphatic rings. The molecule has 0 aliphatic carbocycles. The van der Waals surface area contributed by atoms with Crippen LogP contribution in [0.4, 0.5) is 0 Å². The first-order chi connectivity index (χ1) is 12.6. The van der Waals surface area contributed by atoms with E-state index in [1.807, 2.05) is 37.3 Å². The van der Waals surface area contributed by atoms with Crippen molar-refractivity contribution in [2.24, 2.45) is 0 Å². The van der Waals surface area contributed by atoms with Gasteiger partial charge in [0, 0.05) is 18.5 Å². The number of aromatic nitrogens is 1. The number of hydrogen-bond donors (Lipinski definition) is 0. The number of furan rings is 1. The van der Waals surface area contributed by atoms with Crippen LogP contribution in [0.3, 0.4) is 0 Å². The molecule has 0 radical (unpaired) electrons. The molecule has 3 aromatic rings. The Morgan fingerprint density at radius 1 is 1.23 bits per heavy atom. The average Bonchev–Trinajstić information content (AvgIpc) is 3.30. The quantitative estimate of drug-likeness (QED) is 0.700. The van der Waals surface area contributed by atoms with Gasteiger partial charge in [0.1, 0.15) is 18.9 Å². The number of carbonyl (C=O) groups excluding carboxylic acids is 1. The summed E-state index contributed by atoms with van der Waals surface area (Å²) in [6.45, 7) is 3.46. The van der Waals surface area contributed by atoms with Crippen LogP contribution in [0.5, 0.6) is 11.5 Å². The molecule has 0 fully saturated rings. The highest BCUT2D eigenvalue weighted by Gasteiger charge is 2.21. The Kier molecular flexibility index (Phi) is 4.38. The van der Waals surface area contributed by atoms with Crippen molar-refractivity contribution in [1.82, 2.24) is 9.88 Å². The van der Waals surface area contributed by atoms with Gasteiger partial charge in [0.15, 0.2) is 22.3 Å². The summed E-state index contributed by atoms with van der Waals surface area (Å²) in [5.74, 6) is 2.02. The van der Waals surface area contributed by atoms with Crippen LogP contribution < -0.4 is 9.47 Å². The highest BCUT2D eigenvalue weighted by Crippen LogP contribution is 2.32. The van der Waals surface area contributed by atoms with Crippen molar-refractivity contribution in [1.29, 1.82) is 0 Å². The Labute approximate surface area is 155 Å². The van der Waals surface area contributed by atoms with E-state index in [-0.39, 0.29) is 5.91 Å². The molecule has 0 unspecified atom stereocenters. The lowest BCUT2D eigenvalue weighted by Gasteiger charge is -2.21. The number of carbonyl (C=O) groups is 1. The second-order valence-corrected chi connectivity index (χ2v) is 7.24. The molecular weight excluding hydrogens is 352 g/mol. The van der Waals surface area contributed by atoms with Gasteiger partial charge in [-0.1, -0.05) is 6.07 Å². The van der Waals surface area contributed by atoms with Crippen LogP contribution in [0.1, 0.15) is 20.9 Å². The predicted molar refractivity (Wildman–Crippen MR) is 97.8 cm³/mol. The molecule has 0 bridgehead atoms. The molecule has 134 valence electrons. The van der Waals surface area contributed by atoms with Crippen LogP contribution in [-0.4, -0.2) is 36.1 Å². The van der Waals surface area contributed by atoms with Gasteiger partial charge in [-0.25, -0.2) is 4.98 Å². The number of hydrogen-bond acceptors (Lipinski definition) is 6. The number of fused-ring (bicyclic) bond motifs is 1. The molecule has 6 nitrogen and oxygen atoms in total. The molecule has 0 N–H and O–H groups in total. The van der Waals surface area contributed by atoms with Crippen LogP contribution in [-0.2, 0) is 6.54 Å². The van der Waals surface area contributed by atoms with Gasteiger partial charge in [0.25, 0.3) is 5.91 Å². The van der Waals surface area contributed by atoms with E-state index < -0.39 is 0 Å². The van der Waals surface area contributed by atoms with Crippen molar-refractivity contribution >= 4 is 17.2 Å². The molecule has 3 heterocycles. The monoisotopic (exact) mass is 370 g/mol. The average molecular weight is 370 g/mol. The summed E-state index contributed by atoms with van der Waals surface area (Å²) in [4.78, 5) is 19.8. The number of rotatable bonds is 4. The first-order valence-electron chi connectivity index (χ1n) is 8.27. The van der Waals surface area contributed by atoms with E-state index in [4.69, 9.17) is 13.9 Å². The van der Waals surface area contributed by atoms with Gasteiger partial charge >= 0.3 is 0 Å². The van der Waals surface area contributed by atoms with Gasteiger partial charge in [0.2, 0.25) is 0 Å². The fourth-order valence-electron chi connectivity index (χ4n) is 2.81. The maximum atomic E-state index is 12.8. The minimum absolute atomic E-state index is 0.119. The second kappa shape index (κ2) is 6.84. The molecule has 26 heavy (non-hydrogen) atoms. The third kappa shape index (κ3) is 3.17. The van der Waals surface area contributed by atoms with Crippen LogP contribution in [0.25, 0.3) is 10.8 Å². The van der Waals surface area contributed by atoms with Crippen LogP contribution in [0, 0.1) is 6.92 Å². The largest absolute Gasteiger partial charge is 0.486 e. The summed E-state index contributed by atoms with van der Waals surface area (Å²) in [6, 6.07) is 9.39. The van der Waals surface area contributed by atoms with Crippen molar-refractivity contribution in [2.45, 2.75) is 13.5 Å². The van der Waals surface area contributed by atoms with Crippen molar-refractivity contribution in [3.05, 3.63) is 52.7 Å². The number of benzene rings is 1. The van der Waals surface area contributed by atoms with Crippen LogP contribution >= 0.6 is 11.3 Å². The molecule has 0 saturated carbocycles. The minimum Gasteiger partial charge on any atom is -0.486 e. The molecule has 0 atom stereocenters. The van der Waals surface area contributed by atoms with Crippen molar-refractivity contribution in [3.63, 3.8) is 0 Å². The standard InChI is InChI=1S/C19H18N2O4S/c1-12-17(20-18(26-12)15-4-3-7-23-15)19(22)21(2)11-13-5-6-14-16(10-13)25-9-8-24-14/h3-7,10H,8-9,11H2,1-2H3. The Morgan fingerprint density at radius 2 is 2.04 bits per heavy atom. The summed E-state index contributed by atoms with van der Waals surface area (Å²) in [6.07, 6.45) is 1.60. The minimum atomic E-state index is -0.119. The van der Waals surface area contributed by atoms with Crippen LogP contribution in [0.2, 0.25) is 0 Å². The summed E-state index contributed by atoms with van der Waals surface area (Å²) in [5.41, 5.74) is 1.44. The normalized spacial score (nSPS) is 12.8. The highest BCUT2D eigenvalue weighted by molar-refractivity contribution is 7.15. The predicted octanol–water partition coefficient (Wildman–Crippen LogP) is 3.75. The van der Waals surface area contributed by atoms with Gasteiger partial charge in [-0.15, -0.1) is 11.3 Å². The van der Waals surface area contributed by atoms with Crippen LogP contribution in [0.15, 0.2) is 41.0 Å². The zero-order chi connectivity index (χ0) is 18.1. The van der Waals surface area contributed by atoms with Crippen molar-refractivity contribution in [3.8, 4) is 22.3 Å². The van der Waals surface area contributed by atoms with E-state index in [0.717, 1.165) is 21.9 Å². The van der Waals surface area contributed by atoms with Gasteiger partial charge < -0.3 is 18.8 Å². The van der Waals surface area contributed by atoms with Gasteiger partial charge in [-0.2, -0.15) is 0 Å². The smallest absolute Gasteiger partial charge is 0.273 e. The molecular formula is C19H18N2O4S. The molecule has 1 aliphatic heterocycles. The van der Waals surface area contributed by atoms with Gasteiger partial charge in [0.05, 0.1) is 6.26 Å². The maximum Gasteiger partial charge on any atom is 0.273 e. The molecule has 0 saturated heterocycles. The summed E-state index contributed by atoms with van der Waals surface area (Å²) < 4.78 is 16.5. The lowest BCUT2D eigenvalue weighted by Crippen LogP contribution is -2.27. The topological polar surface area (TPSA) is 64.8 Å². The lowest BCUT2D eigenvalue weighted by atomic mass is 10.1. The van der Waals surface area contributed by atoms with Crippen molar-refractivity contribution < 1.29 is 18.7 Å². The Balaban J connectivity index is 1.51. The SMILES string of the molecule is Cc1sc(-c2ccco2)nc1C(=O)N(C)Cc1ccc2c(c1)OCCO2. The van der Waals surface area contributed by atoms with E-state index >= 15 is 0 Å². The number of thiazole rings is 1. The maximum absolute atomic E-state index is 12.8. The van der Waals surface area contributed by atoms with E-state index in [2.05, 4.69) is 4.98 Å². The number of aryl methyl sites for hydroxylation is 1. The molecule has 7 heteroatoms. The fraction of sp³-hybridized carbons (Fsp3) is 0.263. The number of amides is 1. The van der Waals surface area contributed by atoms with E-state index in [1.54, 1.807) is 18.2 Å². The summed E-state index contributed by atoms with van der Waals surface area (Å²) >= 11 is 1.45. The fourth-order valence-corrected chi connectivity index (χ4v) is 3.69. The summed E-state index contributed by atoms with van der Waals surface area (Å²) in [7, 11) is 1.77. The van der Waals surface area contributed by atoms with E-state index in [0.29, 0.717) is 36.2 Å². The molecule has 1 amide bonds.